The first-order valence-electron chi connectivity index (χ1n) is 5.79. The van der Waals surface area contributed by atoms with E-state index in [1.807, 2.05) is 0 Å². The zero-order valence-electron chi connectivity index (χ0n) is 10.6. The van der Waals surface area contributed by atoms with Gasteiger partial charge in [0.05, 0.1) is 23.6 Å². The molecule has 0 radical (unpaired) electrons. The Morgan fingerprint density at radius 2 is 2.40 bits per heavy atom. The number of nitrogens with zero attached hydrogens (tertiary/aromatic N) is 2. The zero-order chi connectivity index (χ0) is 14.5. The first kappa shape index (κ1) is 14.7. The van der Waals surface area contributed by atoms with Crippen molar-refractivity contribution in [1.82, 2.24) is 5.32 Å². The van der Waals surface area contributed by atoms with Crippen LogP contribution in [-0.2, 0) is 4.79 Å². The maximum absolute atomic E-state index is 11.0. The number of hydrogen-bond acceptors (Lipinski definition) is 6. The summed E-state index contributed by atoms with van der Waals surface area (Å²) in [4.78, 5) is 11.0. The van der Waals surface area contributed by atoms with Crippen molar-refractivity contribution in [2.45, 2.75) is 6.92 Å². The third kappa shape index (κ3) is 3.64. The van der Waals surface area contributed by atoms with E-state index >= 15 is 0 Å². The minimum atomic E-state index is -0.101. The number of nitrogens with one attached hydrogen (secondary N) is 1. The Kier molecular flexibility index (Phi) is 4.86. The molecule has 1 aromatic carbocycles. The van der Waals surface area contributed by atoms with Gasteiger partial charge in [0.15, 0.2) is 16.7 Å². The second kappa shape index (κ2) is 6.62. The fourth-order valence-electron chi connectivity index (χ4n) is 1.46. The van der Waals surface area contributed by atoms with Crippen molar-refractivity contribution in [3.63, 3.8) is 0 Å². The van der Waals surface area contributed by atoms with Crippen LogP contribution in [0.5, 0.6) is 11.5 Å². The quantitative estimate of drug-likeness (QED) is 0.658. The molecule has 1 saturated heterocycles. The van der Waals surface area contributed by atoms with Crippen LogP contribution in [0.1, 0.15) is 12.5 Å². The fraction of sp³-hybridized carbons (Fsp3) is 0.250. The number of benzene rings is 1. The number of ether oxygens (including phenoxy) is 1. The fourth-order valence-corrected chi connectivity index (χ4v) is 2.31. The van der Waals surface area contributed by atoms with E-state index in [4.69, 9.17) is 16.3 Å². The lowest BCUT2D eigenvalue weighted by Crippen LogP contribution is -2.19. The molecule has 8 heteroatoms. The number of amides is 1. The van der Waals surface area contributed by atoms with Gasteiger partial charge in [0.25, 0.3) is 0 Å². The lowest BCUT2D eigenvalue weighted by molar-refractivity contribution is -0.116. The van der Waals surface area contributed by atoms with Crippen molar-refractivity contribution in [1.29, 1.82) is 0 Å². The number of rotatable bonds is 4. The maximum Gasteiger partial charge on any atom is 0.236 e. The summed E-state index contributed by atoms with van der Waals surface area (Å²) >= 11 is 7.18. The SMILES string of the molecule is CCOc1cc(/C=N\N=C2/NC(=O)CS2)cc(Cl)c1O. The van der Waals surface area contributed by atoms with Crippen LogP contribution in [0.25, 0.3) is 0 Å². The number of aromatic hydroxyl groups is 1. The van der Waals surface area contributed by atoms with E-state index in [1.165, 1.54) is 18.0 Å². The highest BCUT2D eigenvalue weighted by Crippen LogP contribution is 2.34. The second-order valence-corrected chi connectivity index (χ2v) is 5.14. The number of phenolic OH excluding ortho intramolecular Hbond substituents is 1. The molecule has 106 valence electrons. The van der Waals surface area contributed by atoms with Gasteiger partial charge in [0, 0.05) is 5.56 Å². The number of carbonyl (C=O) groups excluding carboxylic acids is 1. The molecule has 0 atom stereocenters. The van der Waals surface area contributed by atoms with E-state index in [2.05, 4.69) is 15.5 Å². The lowest BCUT2D eigenvalue weighted by atomic mass is 10.2. The van der Waals surface area contributed by atoms with Gasteiger partial charge in [-0.1, -0.05) is 23.4 Å². The second-order valence-electron chi connectivity index (χ2n) is 3.77. The summed E-state index contributed by atoms with van der Waals surface area (Å²) in [5.74, 6) is 0.456. The predicted octanol–water partition coefficient (Wildman–Crippen LogP) is 2.00. The first-order valence-corrected chi connectivity index (χ1v) is 7.15. The molecule has 6 nitrogen and oxygen atoms in total. The van der Waals surface area contributed by atoms with Gasteiger partial charge in [-0.2, -0.15) is 5.10 Å². The van der Waals surface area contributed by atoms with E-state index in [0.29, 0.717) is 23.1 Å². The standard InChI is InChI=1S/C12H12ClN3O3S/c1-2-19-9-4-7(3-8(13)11(9)18)5-14-16-12-15-10(17)6-20-12/h3-5,18H,2,6H2,1H3,(H,15,16,17)/b14-5-. The Bertz CT molecular complexity index is 590. The normalized spacial score (nSPS) is 16.9. The molecule has 1 aromatic rings. The molecular weight excluding hydrogens is 302 g/mol. The molecule has 0 spiro atoms. The van der Waals surface area contributed by atoms with Crippen LogP contribution in [0.15, 0.2) is 22.3 Å². The third-order valence-electron chi connectivity index (χ3n) is 2.29. The highest BCUT2D eigenvalue weighted by Gasteiger charge is 2.16. The molecule has 20 heavy (non-hydrogen) atoms. The van der Waals surface area contributed by atoms with Crippen LogP contribution in [-0.4, -0.2) is 34.8 Å². The van der Waals surface area contributed by atoms with Gasteiger partial charge in [-0.3, -0.25) is 4.79 Å². The predicted molar refractivity (Wildman–Crippen MR) is 79.9 cm³/mol. The van der Waals surface area contributed by atoms with E-state index < -0.39 is 0 Å². The van der Waals surface area contributed by atoms with Gasteiger partial charge < -0.3 is 15.2 Å². The number of halogens is 1. The minimum absolute atomic E-state index is 0.0877. The number of thioether (sulfide) groups is 1. The summed E-state index contributed by atoms with van der Waals surface area (Å²) < 4.78 is 5.26. The molecule has 0 unspecified atom stereocenters. The van der Waals surface area contributed by atoms with Gasteiger partial charge in [-0.15, -0.1) is 5.10 Å². The molecule has 0 aliphatic carbocycles. The highest BCUT2D eigenvalue weighted by atomic mass is 35.5. The lowest BCUT2D eigenvalue weighted by Gasteiger charge is -2.07. The van der Waals surface area contributed by atoms with Crippen LogP contribution in [0, 0.1) is 0 Å². The Morgan fingerprint density at radius 3 is 3.05 bits per heavy atom. The Labute approximate surface area is 124 Å². The largest absolute Gasteiger partial charge is 0.503 e. The van der Waals surface area contributed by atoms with Gasteiger partial charge in [-0.05, 0) is 19.1 Å². The van der Waals surface area contributed by atoms with Crippen LogP contribution in [0.3, 0.4) is 0 Å². The van der Waals surface area contributed by atoms with Crippen molar-refractivity contribution in [3.8, 4) is 11.5 Å². The molecule has 0 saturated carbocycles. The van der Waals surface area contributed by atoms with Crippen LogP contribution >= 0.6 is 23.4 Å². The summed E-state index contributed by atoms with van der Waals surface area (Å²) in [7, 11) is 0. The van der Waals surface area contributed by atoms with Gasteiger partial charge in [0.2, 0.25) is 5.91 Å². The van der Waals surface area contributed by atoms with Gasteiger partial charge in [-0.25, -0.2) is 0 Å². The van der Waals surface area contributed by atoms with E-state index in [0.717, 1.165) is 0 Å². The Hall–Kier alpha value is -1.73. The molecule has 1 heterocycles. The van der Waals surface area contributed by atoms with Crippen molar-refractivity contribution in [2.75, 3.05) is 12.4 Å². The van der Waals surface area contributed by atoms with E-state index in [9.17, 15) is 9.90 Å². The number of carbonyl (C=O) groups is 1. The highest BCUT2D eigenvalue weighted by molar-refractivity contribution is 8.15. The van der Waals surface area contributed by atoms with Crippen LogP contribution in [0.2, 0.25) is 5.02 Å². The number of amidine groups is 1. The minimum Gasteiger partial charge on any atom is -0.503 e. The van der Waals surface area contributed by atoms with E-state index in [-0.39, 0.29) is 22.4 Å². The molecule has 1 amide bonds. The van der Waals surface area contributed by atoms with Crippen molar-refractivity contribution in [2.24, 2.45) is 10.2 Å². The average Bonchev–Trinajstić information content (AvgIpc) is 2.81. The summed E-state index contributed by atoms with van der Waals surface area (Å²) in [5.41, 5.74) is 0.634. The number of phenols is 1. The molecule has 1 aliphatic heterocycles. The Morgan fingerprint density at radius 1 is 1.60 bits per heavy atom. The molecular formula is C12H12ClN3O3S. The third-order valence-corrected chi connectivity index (χ3v) is 3.44. The molecule has 1 fully saturated rings. The maximum atomic E-state index is 11.0. The molecule has 2 rings (SSSR count). The van der Waals surface area contributed by atoms with Crippen LogP contribution < -0.4 is 10.1 Å². The number of hydrogen-bond donors (Lipinski definition) is 2. The topological polar surface area (TPSA) is 83.3 Å². The average molecular weight is 314 g/mol. The first-order chi connectivity index (χ1) is 9.60. The monoisotopic (exact) mass is 313 g/mol. The van der Waals surface area contributed by atoms with Gasteiger partial charge in [0.1, 0.15) is 0 Å². The summed E-state index contributed by atoms with van der Waals surface area (Å²) in [6, 6.07) is 3.15. The van der Waals surface area contributed by atoms with E-state index in [1.54, 1.807) is 19.1 Å². The Balaban J connectivity index is 2.15. The van der Waals surface area contributed by atoms with Crippen molar-refractivity contribution >= 4 is 40.7 Å². The van der Waals surface area contributed by atoms with Crippen molar-refractivity contribution < 1.29 is 14.6 Å². The zero-order valence-corrected chi connectivity index (χ0v) is 12.2. The summed E-state index contributed by atoms with van der Waals surface area (Å²) in [5, 5.41) is 20.6. The van der Waals surface area contributed by atoms with Gasteiger partial charge >= 0.3 is 0 Å². The molecule has 0 aromatic heterocycles. The van der Waals surface area contributed by atoms with Crippen LogP contribution in [0.4, 0.5) is 0 Å². The smallest absolute Gasteiger partial charge is 0.236 e. The molecule has 1 aliphatic rings. The molecule has 2 N–H and O–H groups in total. The van der Waals surface area contributed by atoms with Crippen molar-refractivity contribution in [3.05, 3.63) is 22.7 Å². The summed E-state index contributed by atoms with van der Waals surface area (Å²) in [6.07, 6.45) is 1.46. The molecule has 0 bridgehead atoms. The summed E-state index contributed by atoms with van der Waals surface area (Å²) in [6.45, 7) is 2.22.